The van der Waals surface area contributed by atoms with Crippen LogP contribution in [0.5, 0.6) is 0 Å². The van der Waals surface area contributed by atoms with Gasteiger partial charge in [0.25, 0.3) is 5.91 Å². The van der Waals surface area contributed by atoms with Gasteiger partial charge in [-0.3, -0.25) is 9.69 Å². The van der Waals surface area contributed by atoms with Gasteiger partial charge in [0.05, 0.1) is 16.9 Å². The molecule has 26 heavy (non-hydrogen) atoms. The van der Waals surface area contributed by atoms with Gasteiger partial charge in [-0.15, -0.1) is 0 Å². The molecular weight excluding hydrogens is 356 g/mol. The average molecular weight is 369 g/mol. The Bertz CT molecular complexity index is 991. The van der Waals surface area contributed by atoms with Gasteiger partial charge >= 0.3 is 0 Å². The van der Waals surface area contributed by atoms with Crippen LogP contribution < -0.4 is 21.7 Å². The number of hydrogen-bond acceptors (Lipinski definition) is 8. The lowest BCUT2D eigenvalue weighted by molar-refractivity contribution is 0.0995. The standard InChI is InChI=1S/C16H13ClN8O/c17-12-11(13(18)22-7-21-12)15-23-8-3-1-2-4-10(8)25(15)16-20-6-5-9(24-16)14(19)26/h1-7,15,23H,(H2,19,26)(H2,18,21,22). The summed E-state index contributed by atoms with van der Waals surface area (Å²) in [5.41, 5.74) is 13.6. The first-order chi connectivity index (χ1) is 12.6. The number of fused-ring (bicyclic) bond motifs is 1. The van der Waals surface area contributed by atoms with Gasteiger partial charge in [-0.1, -0.05) is 23.7 Å². The fourth-order valence-electron chi connectivity index (χ4n) is 2.82. The van der Waals surface area contributed by atoms with Crippen LogP contribution >= 0.6 is 11.6 Å². The number of benzene rings is 1. The first-order valence-corrected chi connectivity index (χ1v) is 7.97. The summed E-state index contributed by atoms with van der Waals surface area (Å²) < 4.78 is 0. The number of nitrogen functional groups attached to an aromatic ring is 1. The molecule has 2 aromatic heterocycles. The number of carbonyl (C=O) groups is 1. The molecule has 1 aliphatic rings. The van der Waals surface area contributed by atoms with E-state index in [1.807, 2.05) is 24.3 Å². The minimum atomic E-state index is -0.647. The molecule has 1 aromatic carbocycles. The van der Waals surface area contributed by atoms with Crippen LogP contribution in [-0.4, -0.2) is 25.8 Å². The summed E-state index contributed by atoms with van der Waals surface area (Å²) >= 11 is 6.27. The number of nitrogens with zero attached hydrogens (tertiary/aromatic N) is 5. The molecule has 0 fully saturated rings. The summed E-state index contributed by atoms with van der Waals surface area (Å²) in [6.07, 6.45) is 2.20. The number of carbonyl (C=O) groups excluding carboxylic acids is 1. The van der Waals surface area contributed by atoms with Crippen molar-refractivity contribution in [3.05, 3.63) is 59.3 Å². The summed E-state index contributed by atoms with van der Waals surface area (Å²) in [6, 6.07) is 8.99. The molecule has 0 aliphatic carbocycles. The average Bonchev–Trinajstić information content (AvgIpc) is 3.00. The van der Waals surface area contributed by atoms with E-state index in [0.29, 0.717) is 5.56 Å². The quantitative estimate of drug-likeness (QED) is 0.596. The SMILES string of the molecule is NC(=O)c1ccnc(N2c3ccccc3NC2c2c(N)ncnc2Cl)n1. The Balaban J connectivity index is 1.90. The fraction of sp³-hybridized carbons (Fsp3) is 0.0625. The predicted molar refractivity (Wildman–Crippen MR) is 96.9 cm³/mol. The Labute approximate surface area is 153 Å². The van der Waals surface area contributed by atoms with Gasteiger partial charge in [0.2, 0.25) is 5.95 Å². The third kappa shape index (κ3) is 2.54. The number of para-hydroxylation sites is 2. The largest absolute Gasteiger partial charge is 0.383 e. The molecule has 9 nitrogen and oxygen atoms in total. The Kier molecular flexibility index (Phi) is 3.77. The third-order valence-corrected chi connectivity index (χ3v) is 4.27. The molecule has 1 unspecified atom stereocenters. The lowest BCUT2D eigenvalue weighted by atomic mass is 10.2. The molecule has 0 saturated heterocycles. The number of anilines is 4. The second-order valence-electron chi connectivity index (χ2n) is 5.50. The third-order valence-electron chi connectivity index (χ3n) is 3.96. The van der Waals surface area contributed by atoms with E-state index in [1.54, 1.807) is 4.90 Å². The Hall–Kier alpha value is -3.46. The predicted octanol–water partition coefficient (Wildman–Crippen LogP) is 1.86. The van der Waals surface area contributed by atoms with Gasteiger partial charge in [-0.25, -0.2) is 19.9 Å². The number of aromatic nitrogens is 4. The first kappa shape index (κ1) is 16.0. The normalized spacial score (nSPS) is 15.4. The Morgan fingerprint density at radius 3 is 2.77 bits per heavy atom. The van der Waals surface area contributed by atoms with Crippen LogP contribution in [0.2, 0.25) is 5.15 Å². The number of halogens is 1. The van der Waals surface area contributed by atoms with Crippen molar-refractivity contribution >= 4 is 40.6 Å². The monoisotopic (exact) mass is 368 g/mol. The van der Waals surface area contributed by atoms with Gasteiger partial charge in [0.15, 0.2) is 0 Å². The first-order valence-electron chi connectivity index (χ1n) is 7.60. The van der Waals surface area contributed by atoms with Crippen molar-refractivity contribution in [2.45, 2.75) is 6.17 Å². The van der Waals surface area contributed by atoms with Crippen LogP contribution in [0.15, 0.2) is 42.9 Å². The molecule has 0 radical (unpaired) electrons. The van der Waals surface area contributed by atoms with Gasteiger partial charge in [-0.05, 0) is 18.2 Å². The van der Waals surface area contributed by atoms with Crippen LogP contribution in [0.25, 0.3) is 0 Å². The molecule has 0 spiro atoms. The molecular formula is C16H13ClN8O. The summed E-state index contributed by atoms with van der Waals surface area (Å²) in [7, 11) is 0. The van der Waals surface area contributed by atoms with E-state index in [1.165, 1.54) is 18.6 Å². The molecule has 5 N–H and O–H groups in total. The number of rotatable bonds is 3. The van der Waals surface area contributed by atoms with Gasteiger partial charge in [0.1, 0.15) is 29.2 Å². The summed E-state index contributed by atoms with van der Waals surface area (Å²) in [5.74, 6) is -0.152. The second kappa shape index (κ2) is 6.12. The van der Waals surface area contributed by atoms with E-state index in [2.05, 4.69) is 25.3 Å². The molecule has 130 valence electrons. The minimum absolute atomic E-state index is 0.0986. The van der Waals surface area contributed by atoms with Crippen molar-refractivity contribution < 1.29 is 4.79 Å². The number of primary amides is 1. The molecule has 1 aliphatic heterocycles. The molecule has 10 heteroatoms. The zero-order chi connectivity index (χ0) is 18.3. The van der Waals surface area contributed by atoms with Gasteiger partial charge < -0.3 is 16.8 Å². The highest BCUT2D eigenvalue weighted by Gasteiger charge is 2.36. The minimum Gasteiger partial charge on any atom is -0.383 e. The lowest BCUT2D eigenvalue weighted by Gasteiger charge is -2.26. The number of hydrogen-bond donors (Lipinski definition) is 3. The van der Waals surface area contributed by atoms with Crippen molar-refractivity contribution in [3.8, 4) is 0 Å². The van der Waals surface area contributed by atoms with Crippen molar-refractivity contribution in [1.29, 1.82) is 0 Å². The van der Waals surface area contributed by atoms with Crippen molar-refractivity contribution in [2.24, 2.45) is 5.73 Å². The van der Waals surface area contributed by atoms with E-state index >= 15 is 0 Å². The number of nitrogens with two attached hydrogens (primary N) is 2. The molecule has 0 saturated carbocycles. The highest BCUT2D eigenvalue weighted by atomic mass is 35.5. The maximum absolute atomic E-state index is 11.5. The van der Waals surface area contributed by atoms with E-state index in [4.69, 9.17) is 23.1 Å². The molecule has 1 atom stereocenters. The summed E-state index contributed by atoms with van der Waals surface area (Å²) in [6.45, 7) is 0. The van der Waals surface area contributed by atoms with E-state index < -0.39 is 12.1 Å². The molecule has 4 rings (SSSR count). The zero-order valence-corrected chi connectivity index (χ0v) is 14.1. The van der Waals surface area contributed by atoms with E-state index in [0.717, 1.165) is 11.4 Å². The molecule has 3 aromatic rings. The molecule has 1 amide bonds. The van der Waals surface area contributed by atoms with E-state index in [-0.39, 0.29) is 22.6 Å². The second-order valence-corrected chi connectivity index (χ2v) is 5.86. The molecule has 3 heterocycles. The van der Waals surface area contributed by atoms with Crippen LogP contribution in [0.3, 0.4) is 0 Å². The van der Waals surface area contributed by atoms with Crippen LogP contribution in [0.4, 0.5) is 23.1 Å². The van der Waals surface area contributed by atoms with Crippen molar-refractivity contribution in [3.63, 3.8) is 0 Å². The van der Waals surface area contributed by atoms with Crippen LogP contribution in [-0.2, 0) is 0 Å². The maximum atomic E-state index is 11.5. The summed E-state index contributed by atoms with van der Waals surface area (Å²) in [5, 5.41) is 3.52. The highest BCUT2D eigenvalue weighted by Crippen LogP contribution is 2.46. The van der Waals surface area contributed by atoms with Crippen LogP contribution in [0, 0.1) is 0 Å². The van der Waals surface area contributed by atoms with Gasteiger partial charge in [0, 0.05) is 6.20 Å². The lowest BCUT2D eigenvalue weighted by Crippen LogP contribution is -2.27. The zero-order valence-electron chi connectivity index (χ0n) is 13.3. The van der Waals surface area contributed by atoms with Gasteiger partial charge in [-0.2, -0.15) is 0 Å². The Morgan fingerprint density at radius 2 is 2.00 bits per heavy atom. The maximum Gasteiger partial charge on any atom is 0.267 e. The van der Waals surface area contributed by atoms with E-state index in [9.17, 15) is 4.79 Å². The molecule has 0 bridgehead atoms. The highest BCUT2D eigenvalue weighted by molar-refractivity contribution is 6.30. The number of amides is 1. The van der Waals surface area contributed by atoms with Crippen LogP contribution in [0.1, 0.15) is 22.2 Å². The van der Waals surface area contributed by atoms with Crippen molar-refractivity contribution in [2.75, 3.05) is 16.0 Å². The summed E-state index contributed by atoms with van der Waals surface area (Å²) in [4.78, 5) is 29.9. The Morgan fingerprint density at radius 1 is 1.19 bits per heavy atom. The number of nitrogens with one attached hydrogen (secondary N) is 1. The fourth-order valence-corrected chi connectivity index (χ4v) is 3.07. The van der Waals surface area contributed by atoms with Crippen molar-refractivity contribution in [1.82, 2.24) is 19.9 Å². The topological polar surface area (TPSA) is 136 Å². The smallest absolute Gasteiger partial charge is 0.267 e.